The lowest BCUT2D eigenvalue weighted by atomic mass is 10.1. The summed E-state index contributed by atoms with van der Waals surface area (Å²) in [5.41, 5.74) is 2.88. The van der Waals surface area contributed by atoms with Gasteiger partial charge in [0.15, 0.2) is 16.7 Å². The van der Waals surface area contributed by atoms with Crippen molar-refractivity contribution >= 4 is 45.0 Å². The molecule has 0 saturated heterocycles. The van der Waals surface area contributed by atoms with Crippen LogP contribution in [-0.4, -0.2) is 31.0 Å². The van der Waals surface area contributed by atoms with Gasteiger partial charge in [0.05, 0.1) is 31.3 Å². The number of hydrogen-bond acceptors (Lipinski definition) is 6. The van der Waals surface area contributed by atoms with Crippen LogP contribution in [0.1, 0.15) is 5.56 Å². The predicted molar refractivity (Wildman–Crippen MR) is 119 cm³/mol. The molecule has 0 radical (unpaired) electrons. The number of aliphatic imine (C=N–C) groups is 1. The zero-order valence-electron chi connectivity index (χ0n) is 16.2. The Kier molecular flexibility index (Phi) is 5.57. The zero-order valence-corrected chi connectivity index (χ0v) is 17.0. The second-order valence-corrected chi connectivity index (χ2v) is 7.44. The van der Waals surface area contributed by atoms with Crippen LogP contribution in [0.25, 0.3) is 10.8 Å². The van der Waals surface area contributed by atoms with Gasteiger partial charge in [-0.25, -0.2) is 4.99 Å². The molecule has 148 valence electrons. The lowest BCUT2D eigenvalue weighted by molar-refractivity contribution is -0.118. The molecule has 6 nitrogen and oxygen atoms in total. The molecule has 0 bridgehead atoms. The molecule has 1 aliphatic rings. The van der Waals surface area contributed by atoms with E-state index in [0.29, 0.717) is 18.0 Å². The number of methoxy groups -OCH3 is 2. The van der Waals surface area contributed by atoms with Crippen LogP contribution in [0.3, 0.4) is 0 Å². The Bertz CT molecular complexity index is 1090. The molecule has 1 aliphatic heterocycles. The third-order valence-electron chi connectivity index (χ3n) is 4.62. The minimum Gasteiger partial charge on any atom is -0.493 e. The summed E-state index contributed by atoms with van der Waals surface area (Å²) in [5.74, 6) is 1.51. The fraction of sp³-hybridized carbons (Fsp3) is 0.182. The average molecular weight is 407 g/mol. The Hall–Kier alpha value is -3.19. The number of rotatable bonds is 6. The summed E-state index contributed by atoms with van der Waals surface area (Å²) in [5, 5.41) is 9.22. The summed E-state index contributed by atoms with van der Waals surface area (Å²) in [6.07, 6.45) is 0. The van der Waals surface area contributed by atoms with Crippen LogP contribution in [0.15, 0.2) is 59.6 Å². The second-order valence-electron chi connectivity index (χ2n) is 6.48. The highest BCUT2D eigenvalue weighted by atomic mass is 32.2. The maximum atomic E-state index is 12.3. The first-order valence-electron chi connectivity index (χ1n) is 9.16. The molecule has 0 spiro atoms. The first-order valence-corrected chi connectivity index (χ1v) is 10.1. The van der Waals surface area contributed by atoms with Crippen LogP contribution >= 0.6 is 11.8 Å². The van der Waals surface area contributed by atoms with E-state index < -0.39 is 0 Å². The Morgan fingerprint density at radius 1 is 1.07 bits per heavy atom. The van der Waals surface area contributed by atoms with Gasteiger partial charge in [-0.05, 0) is 35.2 Å². The number of amidine groups is 1. The Balaban J connectivity index is 1.36. The number of thioether (sulfide) groups is 1. The largest absolute Gasteiger partial charge is 0.493 e. The van der Waals surface area contributed by atoms with Crippen molar-refractivity contribution in [3.63, 3.8) is 0 Å². The third kappa shape index (κ3) is 4.14. The number of carbonyl (C=O) groups is 1. The number of nitrogens with one attached hydrogen (secondary N) is 2. The van der Waals surface area contributed by atoms with E-state index in [4.69, 9.17) is 9.47 Å². The fourth-order valence-electron chi connectivity index (χ4n) is 3.22. The Labute approximate surface area is 173 Å². The smallest absolute Gasteiger partial charge is 0.230 e. The minimum atomic E-state index is -0.0636. The molecular formula is C22H21N3O3S. The minimum absolute atomic E-state index is 0.0636. The van der Waals surface area contributed by atoms with Crippen LogP contribution in [0, 0.1) is 0 Å². The number of anilines is 1. The second kappa shape index (κ2) is 8.45. The number of nitrogens with zero attached hydrogens (tertiary/aromatic N) is 1. The number of hydrogen-bond donors (Lipinski definition) is 2. The molecule has 3 aromatic carbocycles. The van der Waals surface area contributed by atoms with Gasteiger partial charge in [-0.15, -0.1) is 0 Å². The predicted octanol–water partition coefficient (Wildman–Crippen LogP) is 4.32. The molecular weight excluding hydrogens is 386 g/mol. The van der Waals surface area contributed by atoms with E-state index in [9.17, 15) is 4.79 Å². The van der Waals surface area contributed by atoms with Crippen LogP contribution in [0.2, 0.25) is 0 Å². The van der Waals surface area contributed by atoms with Gasteiger partial charge in [0.2, 0.25) is 5.91 Å². The highest BCUT2D eigenvalue weighted by Gasteiger charge is 2.15. The fourth-order valence-corrected chi connectivity index (χ4v) is 3.93. The molecule has 3 aromatic rings. The number of benzene rings is 3. The zero-order chi connectivity index (χ0) is 20.2. The summed E-state index contributed by atoms with van der Waals surface area (Å²) < 4.78 is 10.5. The highest BCUT2D eigenvalue weighted by Crippen LogP contribution is 2.36. The molecule has 0 saturated carbocycles. The molecule has 4 rings (SSSR count). The maximum absolute atomic E-state index is 12.3. The molecule has 0 atom stereocenters. The van der Waals surface area contributed by atoms with E-state index in [1.54, 1.807) is 14.2 Å². The van der Waals surface area contributed by atoms with Gasteiger partial charge in [-0.1, -0.05) is 42.1 Å². The molecule has 1 heterocycles. The van der Waals surface area contributed by atoms with Crippen LogP contribution in [0.4, 0.5) is 11.4 Å². The standard InChI is InChI=1S/C22H21N3O3S/c1-27-18-10-9-14(11-19(18)28-2)12-23-20(26)13-29-22-24-16-7-3-5-15-6-4-8-17(25-22)21(15)16/h3-11H,12-13H2,1-2H3,(H,23,26)(H,24,25). The molecule has 7 heteroatoms. The van der Waals surface area contributed by atoms with Crippen molar-refractivity contribution in [2.24, 2.45) is 4.99 Å². The monoisotopic (exact) mass is 407 g/mol. The van der Waals surface area contributed by atoms with E-state index >= 15 is 0 Å². The van der Waals surface area contributed by atoms with Gasteiger partial charge in [0.1, 0.15) is 0 Å². The van der Waals surface area contributed by atoms with E-state index in [2.05, 4.69) is 27.8 Å². The van der Waals surface area contributed by atoms with Crippen molar-refractivity contribution < 1.29 is 14.3 Å². The highest BCUT2D eigenvalue weighted by molar-refractivity contribution is 8.14. The van der Waals surface area contributed by atoms with Crippen LogP contribution in [0.5, 0.6) is 11.5 Å². The maximum Gasteiger partial charge on any atom is 0.230 e. The molecule has 0 aliphatic carbocycles. The molecule has 1 amide bonds. The van der Waals surface area contributed by atoms with Crippen molar-refractivity contribution in [1.82, 2.24) is 5.32 Å². The summed E-state index contributed by atoms with van der Waals surface area (Å²) in [7, 11) is 3.19. The number of amides is 1. The lowest BCUT2D eigenvalue weighted by Crippen LogP contribution is -2.26. The van der Waals surface area contributed by atoms with Gasteiger partial charge < -0.3 is 20.1 Å². The molecule has 0 unspecified atom stereocenters. The SMILES string of the molecule is COc1ccc(CNC(=O)CSC2=Nc3cccc4cccc(c34)N2)cc1OC. The van der Waals surface area contributed by atoms with Crippen molar-refractivity contribution in [2.75, 3.05) is 25.3 Å². The van der Waals surface area contributed by atoms with E-state index in [-0.39, 0.29) is 11.7 Å². The van der Waals surface area contributed by atoms with Gasteiger partial charge in [-0.3, -0.25) is 4.79 Å². The topological polar surface area (TPSA) is 72.0 Å². The molecule has 2 N–H and O–H groups in total. The van der Waals surface area contributed by atoms with Crippen molar-refractivity contribution in [3.8, 4) is 11.5 Å². The van der Waals surface area contributed by atoms with Crippen molar-refractivity contribution in [1.29, 1.82) is 0 Å². The van der Waals surface area contributed by atoms with E-state index in [1.807, 2.05) is 42.5 Å². The van der Waals surface area contributed by atoms with E-state index in [0.717, 1.165) is 32.9 Å². The summed E-state index contributed by atoms with van der Waals surface area (Å²) in [6.45, 7) is 0.418. The van der Waals surface area contributed by atoms with Gasteiger partial charge >= 0.3 is 0 Å². The number of ether oxygens (including phenoxy) is 2. The van der Waals surface area contributed by atoms with Gasteiger partial charge in [-0.2, -0.15) is 0 Å². The van der Waals surface area contributed by atoms with Crippen molar-refractivity contribution in [2.45, 2.75) is 6.54 Å². The van der Waals surface area contributed by atoms with Gasteiger partial charge in [0.25, 0.3) is 0 Å². The first-order chi connectivity index (χ1) is 14.2. The number of carbonyl (C=O) groups excluding carboxylic acids is 1. The van der Waals surface area contributed by atoms with Crippen molar-refractivity contribution in [3.05, 3.63) is 60.2 Å². The molecule has 0 fully saturated rings. The summed E-state index contributed by atoms with van der Waals surface area (Å²) >= 11 is 1.38. The van der Waals surface area contributed by atoms with Crippen LogP contribution in [-0.2, 0) is 11.3 Å². The lowest BCUT2D eigenvalue weighted by Gasteiger charge is -2.18. The molecule has 29 heavy (non-hydrogen) atoms. The first kappa shape index (κ1) is 19.1. The third-order valence-corrected chi connectivity index (χ3v) is 5.50. The van der Waals surface area contributed by atoms with E-state index in [1.165, 1.54) is 11.8 Å². The Morgan fingerprint density at radius 3 is 2.66 bits per heavy atom. The quantitative estimate of drug-likeness (QED) is 0.637. The van der Waals surface area contributed by atoms with Crippen LogP contribution < -0.4 is 20.1 Å². The Morgan fingerprint density at radius 2 is 1.86 bits per heavy atom. The summed E-state index contributed by atoms with van der Waals surface area (Å²) in [6, 6.07) is 17.7. The normalized spacial score (nSPS) is 12.1. The summed E-state index contributed by atoms with van der Waals surface area (Å²) in [4.78, 5) is 17.0. The molecule has 0 aromatic heterocycles. The van der Waals surface area contributed by atoms with Gasteiger partial charge in [0, 0.05) is 11.9 Å². The average Bonchev–Trinajstić information content (AvgIpc) is 2.76.